The summed E-state index contributed by atoms with van der Waals surface area (Å²) in [6.45, 7) is 1.94. The van der Waals surface area contributed by atoms with Crippen molar-refractivity contribution in [1.82, 2.24) is 9.97 Å². The Morgan fingerprint density at radius 2 is 1.85 bits per heavy atom. The van der Waals surface area contributed by atoms with Gasteiger partial charge < -0.3 is 10.1 Å². The van der Waals surface area contributed by atoms with Gasteiger partial charge in [0.2, 0.25) is 5.88 Å². The van der Waals surface area contributed by atoms with Gasteiger partial charge >= 0.3 is 0 Å². The first-order valence-electron chi connectivity index (χ1n) is 8.57. The second kappa shape index (κ2) is 5.88. The Hall–Kier alpha value is -3.80. The summed E-state index contributed by atoms with van der Waals surface area (Å²) in [5.74, 6) is -0.000768. The van der Waals surface area contributed by atoms with E-state index in [0.29, 0.717) is 11.0 Å². The Kier molecular flexibility index (Phi) is 3.36. The molecule has 27 heavy (non-hydrogen) atoms. The Bertz CT molecular complexity index is 1350. The zero-order chi connectivity index (χ0) is 18.4. The summed E-state index contributed by atoms with van der Waals surface area (Å²) in [6.07, 6.45) is 1.59. The molecule has 0 bridgehead atoms. The van der Waals surface area contributed by atoms with Crippen molar-refractivity contribution in [2.24, 2.45) is 15.2 Å². The standard InChI is InChI=1S/C21H15N5O/c1-12-19-16(14-6-2-4-8-17(14)24-19)10-13(23-12)11-22-26-20-15-7-3-5-9-18(15)25-21(20)27/h2-11,25,27H,1H3/b13-11-,26-22?. The molecular weight excluding hydrogens is 338 g/mol. The second-order valence-corrected chi connectivity index (χ2v) is 6.37. The van der Waals surface area contributed by atoms with Crippen molar-refractivity contribution in [2.45, 2.75) is 6.92 Å². The molecule has 6 nitrogen and oxygen atoms in total. The summed E-state index contributed by atoms with van der Waals surface area (Å²) in [7, 11) is 0. The molecule has 4 aromatic rings. The molecule has 5 rings (SSSR count). The number of aromatic amines is 1. The molecule has 2 N–H and O–H groups in total. The number of azo groups is 1. The molecule has 0 saturated heterocycles. The molecule has 0 fully saturated rings. The normalized spacial score (nSPS) is 13.1. The van der Waals surface area contributed by atoms with Gasteiger partial charge in [-0.15, -0.1) is 5.11 Å². The number of H-pyrrole nitrogens is 1. The van der Waals surface area contributed by atoms with Crippen LogP contribution < -0.4 is 10.7 Å². The van der Waals surface area contributed by atoms with Gasteiger partial charge in [0.25, 0.3) is 0 Å². The fourth-order valence-electron chi connectivity index (χ4n) is 3.38. The third-order valence-electron chi connectivity index (χ3n) is 4.62. The van der Waals surface area contributed by atoms with Crippen molar-refractivity contribution >= 4 is 28.5 Å². The van der Waals surface area contributed by atoms with Gasteiger partial charge in [0, 0.05) is 16.5 Å². The van der Waals surface area contributed by atoms with E-state index in [1.807, 2.05) is 55.5 Å². The average Bonchev–Trinajstić information content (AvgIpc) is 3.20. The van der Waals surface area contributed by atoms with E-state index in [1.165, 1.54) is 0 Å². The SMILES string of the molecule is Cc1n/c(=C\N=Nc2c(O)[nH]c3ccccc23)cc2c1=Nc1ccccc1-2. The molecule has 0 aliphatic carbocycles. The van der Waals surface area contributed by atoms with Crippen LogP contribution in [0.3, 0.4) is 0 Å². The Morgan fingerprint density at radius 3 is 2.78 bits per heavy atom. The van der Waals surface area contributed by atoms with Crippen LogP contribution in [0.25, 0.3) is 28.2 Å². The number of aromatic hydroxyl groups is 1. The molecule has 0 radical (unpaired) electrons. The fourth-order valence-corrected chi connectivity index (χ4v) is 3.38. The number of nitrogens with one attached hydrogen (secondary N) is 1. The molecule has 1 aliphatic heterocycles. The van der Waals surface area contributed by atoms with E-state index in [-0.39, 0.29) is 5.88 Å². The minimum absolute atomic E-state index is 0.000768. The van der Waals surface area contributed by atoms with E-state index in [4.69, 9.17) is 0 Å². The van der Waals surface area contributed by atoms with Crippen molar-refractivity contribution in [3.05, 3.63) is 71.0 Å². The highest BCUT2D eigenvalue weighted by atomic mass is 16.3. The van der Waals surface area contributed by atoms with Gasteiger partial charge in [-0.2, -0.15) is 5.11 Å². The van der Waals surface area contributed by atoms with Gasteiger partial charge in [-0.25, -0.2) is 9.98 Å². The maximum Gasteiger partial charge on any atom is 0.218 e. The first kappa shape index (κ1) is 15.5. The summed E-state index contributed by atoms with van der Waals surface area (Å²) < 4.78 is 0. The third kappa shape index (κ3) is 2.50. The molecule has 1 aliphatic rings. The van der Waals surface area contributed by atoms with Gasteiger partial charge in [0.15, 0.2) is 5.69 Å². The van der Waals surface area contributed by atoms with E-state index >= 15 is 0 Å². The van der Waals surface area contributed by atoms with Crippen LogP contribution in [0.15, 0.2) is 69.8 Å². The van der Waals surface area contributed by atoms with Crippen molar-refractivity contribution in [2.75, 3.05) is 0 Å². The number of para-hydroxylation sites is 2. The van der Waals surface area contributed by atoms with E-state index in [0.717, 1.165) is 38.8 Å². The van der Waals surface area contributed by atoms with Crippen molar-refractivity contribution < 1.29 is 5.11 Å². The topological polar surface area (TPSA) is 86.0 Å². The molecule has 3 heterocycles. The molecule has 2 aromatic heterocycles. The number of rotatable bonds is 2. The lowest BCUT2D eigenvalue weighted by Crippen LogP contribution is -2.18. The third-order valence-corrected chi connectivity index (χ3v) is 4.62. The minimum atomic E-state index is -0.000768. The Balaban J connectivity index is 1.58. The lowest BCUT2D eigenvalue weighted by Gasteiger charge is -1.99. The molecule has 0 atom stereocenters. The van der Waals surface area contributed by atoms with Crippen LogP contribution in [0.5, 0.6) is 5.88 Å². The number of hydrogen-bond donors (Lipinski definition) is 2. The lowest BCUT2D eigenvalue weighted by molar-refractivity contribution is 0.459. The molecule has 0 amide bonds. The predicted octanol–water partition coefficient (Wildman–Crippen LogP) is 4.03. The van der Waals surface area contributed by atoms with E-state index in [2.05, 4.69) is 31.3 Å². The summed E-state index contributed by atoms with van der Waals surface area (Å²) in [4.78, 5) is 12.1. The Morgan fingerprint density at radius 1 is 1.04 bits per heavy atom. The summed E-state index contributed by atoms with van der Waals surface area (Å²) in [5, 5.41) is 20.8. The largest absolute Gasteiger partial charge is 0.493 e. The highest BCUT2D eigenvalue weighted by molar-refractivity contribution is 5.94. The molecule has 6 heteroatoms. The van der Waals surface area contributed by atoms with E-state index in [9.17, 15) is 5.11 Å². The second-order valence-electron chi connectivity index (χ2n) is 6.37. The van der Waals surface area contributed by atoms with Crippen LogP contribution in [-0.4, -0.2) is 15.1 Å². The van der Waals surface area contributed by atoms with Gasteiger partial charge in [-0.1, -0.05) is 36.4 Å². The number of pyridine rings is 1. The van der Waals surface area contributed by atoms with E-state index < -0.39 is 0 Å². The van der Waals surface area contributed by atoms with Crippen molar-refractivity contribution in [3.8, 4) is 17.0 Å². The molecule has 0 saturated carbocycles. The predicted molar refractivity (Wildman–Crippen MR) is 104 cm³/mol. The van der Waals surface area contributed by atoms with E-state index in [1.54, 1.807) is 6.20 Å². The number of benzene rings is 2. The summed E-state index contributed by atoms with van der Waals surface area (Å²) in [6, 6.07) is 17.5. The monoisotopic (exact) mass is 353 g/mol. The van der Waals surface area contributed by atoms with Crippen molar-refractivity contribution in [1.29, 1.82) is 0 Å². The smallest absolute Gasteiger partial charge is 0.218 e. The fraction of sp³-hybridized carbons (Fsp3) is 0.0476. The van der Waals surface area contributed by atoms with Gasteiger partial charge in [-0.3, -0.25) is 0 Å². The summed E-state index contributed by atoms with van der Waals surface area (Å²) in [5.41, 5.74) is 5.18. The van der Waals surface area contributed by atoms with Crippen molar-refractivity contribution in [3.63, 3.8) is 0 Å². The van der Waals surface area contributed by atoms with Crippen LogP contribution in [-0.2, 0) is 0 Å². The highest BCUT2D eigenvalue weighted by Crippen LogP contribution is 2.35. The zero-order valence-electron chi connectivity index (χ0n) is 14.5. The minimum Gasteiger partial charge on any atom is -0.493 e. The number of nitrogens with zero attached hydrogens (tertiary/aromatic N) is 4. The molecular formula is C21H15N5O. The van der Waals surface area contributed by atoms with Crippen LogP contribution >= 0.6 is 0 Å². The first-order chi connectivity index (χ1) is 13.2. The Labute approximate surface area is 154 Å². The first-order valence-corrected chi connectivity index (χ1v) is 8.57. The number of aryl methyl sites for hydroxylation is 1. The average molecular weight is 353 g/mol. The van der Waals surface area contributed by atoms with Gasteiger partial charge in [-0.05, 0) is 25.1 Å². The van der Waals surface area contributed by atoms with Crippen LogP contribution in [0, 0.1) is 6.92 Å². The zero-order valence-corrected chi connectivity index (χ0v) is 14.5. The molecule has 0 spiro atoms. The molecule has 0 unspecified atom stereocenters. The van der Waals surface area contributed by atoms with Crippen LogP contribution in [0.4, 0.5) is 11.4 Å². The van der Waals surface area contributed by atoms with Crippen LogP contribution in [0.2, 0.25) is 0 Å². The maximum atomic E-state index is 10.1. The number of fused-ring (bicyclic) bond motifs is 4. The number of hydrogen-bond acceptors (Lipinski definition) is 5. The number of aromatic nitrogens is 2. The molecule has 130 valence electrons. The van der Waals surface area contributed by atoms with Gasteiger partial charge in [0.1, 0.15) is 0 Å². The highest BCUT2D eigenvalue weighted by Gasteiger charge is 2.15. The van der Waals surface area contributed by atoms with Gasteiger partial charge in [0.05, 0.1) is 33.8 Å². The quantitative estimate of drug-likeness (QED) is 0.469. The van der Waals surface area contributed by atoms with Crippen LogP contribution in [0.1, 0.15) is 5.69 Å². The molecule has 2 aromatic carbocycles. The lowest BCUT2D eigenvalue weighted by atomic mass is 10.1. The maximum absolute atomic E-state index is 10.1. The summed E-state index contributed by atoms with van der Waals surface area (Å²) >= 11 is 0.